The Balaban J connectivity index is 3.49. The van der Waals surface area contributed by atoms with Gasteiger partial charge in [-0.05, 0) is 17.4 Å². The summed E-state index contributed by atoms with van der Waals surface area (Å²) in [7, 11) is 0. The van der Waals surface area contributed by atoms with E-state index in [9.17, 15) is 36.5 Å². The zero-order chi connectivity index (χ0) is 15.0. The van der Waals surface area contributed by atoms with Crippen molar-refractivity contribution in [3.63, 3.8) is 0 Å². The van der Waals surface area contributed by atoms with E-state index in [-0.39, 0.29) is 0 Å². The van der Waals surface area contributed by atoms with Crippen LogP contribution in [-0.4, -0.2) is 16.3 Å². The van der Waals surface area contributed by atoms with Gasteiger partial charge in [0.25, 0.3) is 0 Å². The molecule has 1 heterocycles. The van der Waals surface area contributed by atoms with E-state index in [0.29, 0.717) is 6.07 Å². The number of alkyl halides is 6. The number of aromatic nitrogens is 1. The van der Waals surface area contributed by atoms with E-state index in [4.69, 9.17) is 0 Å². The Morgan fingerprint density at radius 2 is 1.79 bits per heavy atom. The Kier molecular flexibility index (Phi) is 3.59. The molecule has 0 aliphatic heterocycles. The van der Waals surface area contributed by atoms with Crippen LogP contribution in [0.5, 0.6) is 5.88 Å². The van der Waals surface area contributed by atoms with Crippen LogP contribution >= 0.6 is 0 Å². The van der Waals surface area contributed by atoms with Crippen LogP contribution in [-0.2, 0) is 6.18 Å². The van der Waals surface area contributed by atoms with Crippen LogP contribution < -0.4 is 4.74 Å². The van der Waals surface area contributed by atoms with Gasteiger partial charge in [0.05, 0.1) is 0 Å². The average molecular weight is 290 g/mol. The fourth-order valence-electron chi connectivity index (χ4n) is 1.25. The van der Waals surface area contributed by atoms with E-state index in [0.717, 1.165) is 6.92 Å². The number of hydrogen-bond acceptors (Lipinski definition) is 4. The monoisotopic (exact) mass is 290 g/mol. The first kappa shape index (κ1) is 15.0. The number of pyridine rings is 1. The molecule has 0 saturated heterocycles. The molecule has 0 aliphatic rings. The molecule has 0 amide bonds. The molecule has 19 heavy (non-hydrogen) atoms. The van der Waals surface area contributed by atoms with Crippen molar-refractivity contribution >= 4 is 5.82 Å². The summed E-state index contributed by atoms with van der Waals surface area (Å²) < 4.78 is 76.7. The molecule has 1 rings (SSSR count). The van der Waals surface area contributed by atoms with Gasteiger partial charge in [-0.25, -0.2) is 0 Å². The summed E-state index contributed by atoms with van der Waals surface area (Å²) in [6, 6.07) is 0.409. The molecule has 1 aromatic heterocycles. The molecule has 0 saturated carbocycles. The maximum absolute atomic E-state index is 12.6. The van der Waals surface area contributed by atoms with E-state index in [1.54, 1.807) is 0 Å². The highest BCUT2D eigenvalue weighted by atomic mass is 19.4. The summed E-state index contributed by atoms with van der Waals surface area (Å²) in [6.45, 7) is 0.765. The lowest BCUT2D eigenvalue weighted by Gasteiger charge is -2.13. The zero-order valence-corrected chi connectivity index (χ0v) is 8.96. The number of aryl methyl sites for hydroxylation is 1. The number of ether oxygens (including phenoxy) is 1. The zero-order valence-electron chi connectivity index (χ0n) is 8.96. The lowest BCUT2D eigenvalue weighted by Crippen LogP contribution is -2.22. The first-order chi connectivity index (χ1) is 8.42. The molecule has 5 nitrogen and oxygen atoms in total. The van der Waals surface area contributed by atoms with Gasteiger partial charge < -0.3 is 14.9 Å². The lowest BCUT2D eigenvalue weighted by molar-refractivity contribution is -0.390. The molecule has 11 heteroatoms. The number of halogens is 6. The Morgan fingerprint density at radius 3 is 2.16 bits per heavy atom. The topological polar surface area (TPSA) is 65.3 Å². The van der Waals surface area contributed by atoms with Crippen LogP contribution in [0.4, 0.5) is 32.2 Å². The SMILES string of the molecule is Cc1cc([N+](=O)[O-])nc(OC(F)(F)F)c1C(F)(F)F. The summed E-state index contributed by atoms with van der Waals surface area (Å²) in [5, 5.41) is 10.4. The lowest BCUT2D eigenvalue weighted by atomic mass is 10.1. The summed E-state index contributed by atoms with van der Waals surface area (Å²) >= 11 is 0. The normalized spacial score (nSPS) is 12.4. The minimum Gasteiger partial charge on any atom is -0.366 e. The third kappa shape index (κ3) is 3.69. The van der Waals surface area contributed by atoms with Crippen molar-refractivity contribution in [3.8, 4) is 5.88 Å². The van der Waals surface area contributed by atoms with Gasteiger partial charge in [-0.1, -0.05) is 0 Å². The number of rotatable bonds is 2. The predicted octanol–water partition coefficient (Wildman–Crippen LogP) is 3.22. The largest absolute Gasteiger partial charge is 0.575 e. The fraction of sp³-hybridized carbons (Fsp3) is 0.375. The van der Waals surface area contributed by atoms with E-state index < -0.39 is 40.3 Å². The van der Waals surface area contributed by atoms with Crippen LogP contribution in [0.3, 0.4) is 0 Å². The molecule has 1 aromatic rings. The second-order valence-corrected chi connectivity index (χ2v) is 3.28. The Morgan fingerprint density at radius 1 is 1.26 bits per heavy atom. The summed E-state index contributed by atoms with van der Waals surface area (Å²) in [4.78, 5) is 11.8. The van der Waals surface area contributed by atoms with Crippen molar-refractivity contribution < 1.29 is 36.0 Å². The van der Waals surface area contributed by atoms with Gasteiger partial charge in [0.1, 0.15) is 5.56 Å². The first-order valence-corrected chi connectivity index (χ1v) is 4.41. The Bertz CT molecular complexity index is 510. The molecule has 0 spiro atoms. The Hall–Kier alpha value is -2.07. The van der Waals surface area contributed by atoms with Crippen LogP contribution in [0.1, 0.15) is 11.1 Å². The molecule has 0 atom stereocenters. The van der Waals surface area contributed by atoms with Crippen molar-refractivity contribution in [2.75, 3.05) is 0 Å². The summed E-state index contributed by atoms with van der Waals surface area (Å²) in [5.41, 5.74) is -2.61. The second kappa shape index (κ2) is 4.55. The van der Waals surface area contributed by atoms with Gasteiger partial charge in [-0.3, -0.25) is 0 Å². The van der Waals surface area contributed by atoms with E-state index in [1.807, 2.05) is 0 Å². The Labute approximate surface area is 101 Å². The summed E-state index contributed by atoms with van der Waals surface area (Å²) in [6.07, 6.45) is -10.6. The van der Waals surface area contributed by atoms with Crippen LogP contribution in [0.25, 0.3) is 0 Å². The third-order valence-electron chi connectivity index (χ3n) is 1.85. The van der Waals surface area contributed by atoms with E-state index >= 15 is 0 Å². The molecule has 0 unspecified atom stereocenters. The second-order valence-electron chi connectivity index (χ2n) is 3.28. The summed E-state index contributed by atoms with van der Waals surface area (Å²) in [5.74, 6) is -3.07. The third-order valence-corrected chi connectivity index (χ3v) is 1.85. The van der Waals surface area contributed by atoms with Gasteiger partial charge in [0, 0.05) is 11.1 Å². The highest BCUT2D eigenvalue weighted by Crippen LogP contribution is 2.40. The predicted molar refractivity (Wildman–Crippen MR) is 47.3 cm³/mol. The number of nitrogens with zero attached hydrogens (tertiary/aromatic N) is 2. The van der Waals surface area contributed by atoms with Crippen LogP contribution in [0.2, 0.25) is 0 Å². The molecule has 0 aliphatic carbocycles. The minimum absolute atomic E-state index is 0.409. The van der Waals surface area contributed by atoms with Crippen molar-refractivity contribution in [1.82, 2.24) is 4.98 Å². The molecule has 0 aromatic carbocycles. The van der Waals surface area contributed by atoms with Gasteiger partial charge in [-0.15, -0.1) is 13.2 Å². The molecule has 0 radical (unpaired) electrons. The molecular weight excluding hydrogens is 286 g/mol. The molecule has 0 N–H and O–H groups in total. The molecule has 0 bridgehead atoms. The van der Waals surface area contributed by atoms with E-state index in [1.165, 1.54) is 0 Å². The molecule has 0 fully saturated rings. The van der Waals surface area contributed by atoms with Crippen LogP contribution in [0, 0.1) is 17.0 Å². The van der Waals surface area contributed by atoms with Gasteiger partial charge in [0.2, 0.25) is 0 Å². The van der Waals surface area contributed by atoms with Crippen molar-refractivity contribution in [1.29, 1.82) is 0 Å². The number of nitro groups is 1. The van der Waals surface area contributed by atoms with Gasteiger partial charge in [0.15, 0.2) is 0 Å². The molecular formula is C8H4F6N2O3. The van der Waals surface area contributed by atoms with E-state index in [2.05, 4.69) is 9.72 Å². The number of hydrogen-bond donors (Lipinski definition) is 0. The van der Waals surface area contributed by atoms with Gasteiger partial charge in [-0.2, -0.15) is 13.2 Å². The fourth-order valence-corrected chi connectivity index (χ4v) is 1.25. The van der Waals surface area contributed by atoms with Gasteiger partial charge >= 0.3 is 24.2 Å². The maximum Gasteiger partial charge on any atom is 0.575 e. The highest BCUT2D eigenvalue weighted by molar-refractivity contribution is 5.42. The standard InChI is InChI=1S/C8H4F6N2O3/c1-3-2-4(16(17)18)15-6(19-8(12,13)14)5(3)7(9,10)11/h2H,1H3. The smallest absolute Gasteiger partial charge is 0.366 e. The van der Waals surface area contributed by atoms with Crippen molar-refractivity contribution in [2.24, 2.45) is 0 Å². The van der Waals surface area contributed by atoms with Crippen LogP contribution in [0.15, 0.2) is 6.07 Å². The highest BCUT2D eigenvalue weighted by Gasteiger charge is 2.45. The van der Waals surface area contributed by atoms with Crippen molar-refractivity contribution in [3.05, 3.63) is 27.3 Å². The molecule has 106 valence electrons. The maximum atomic E-state index is 12.6. The first-order valence-electron chi connectivity index (χ1n) is 4.41. The minimum atomic E-state index is -5.45. The quantitative estimate of drug-likeness (QED) is 0.476. The average Bonchev–Trinajstić information content (AvgIpc) is 2.10. The van der Waals surface area contributed by atoms with Crippen molar-refractivity contribution in [2.45, 2.75) is 19.5 Å².